The average Bonchev–Trinajstić information content (AvgIpc) is 2.70. The Morgan fingerprint density at radius 1 is 1.19 bits per heavy atom. The van der Waals surface area contributed by atoms with E-state index in [9.17, 15) is 9.90 Å². The molecule has 1 aliphatic rings. The Balaban J connectivity index is 1.95. The van der Waals surface area contributed by atoms with E-state index in [1.807, 2.05) is 6.07 Å². The number of halogens is 1. The first-order valence-corrected chi connectivity index (χ1v) is 8.14. The molecule has 0 aromatic heterocycles. The maximum atomic E-state index is 11.5. The predicted molar refractivity (Wildman–Crippen MR) is 87.8 cm³/mol. The topological polar surface area (TPSA) is 49.3 Å². The van der Waals surface area contributed by atoms with Gasteiger partial charge in [-0.05, 0) is 65.2 Å². The van der Waals surface area contributed by atoms with Crippen molar-refractivity contribution >= 4 is 39.3 Å². The van der Waals surface area contributed by atoms with Crippen molar-refractivity contribution in [2.24, 2.45) is 0 Å². The number of aliphatic hydroxyl groups excluding tert-OH is 1. The summed E-state index contributed by atoms with van der Waals surface area (Å²) in [5, 5.41) is 12.5. The van der Waals surface area contributed by atoms with Gasteiger partial charge in [-0.3, -0.25) is 4.79 Å². The van der Waals surface area contributed by atoms with Crippen LogP contribution in [-0.2, 0) is 4.79 Å². The number of anilines is 1. The van der Waals surface area contributed by atoms with Gasteiger partial charge in [0.1, 0.15) is 0 Å². The summed E-state index contributed by atoms with van der Waals surface area (Å²) in [5.74, 6) is -0.370. The van der Waals surface area contributed by atoms with Crippen LogP contribution >= 0.6 is 27.7 Å². The number of aryl methyl sites for hydroxylation is 2. The number of aliphatic hydroxyl groups is 1. The Morgan fingerprint density at radius 2 is 1.95 bits per heavy atom. The number of hydrogen-bond acceptors (Lipinski definition) is 3. The first-order chi connectivity index (χ1) is 9.95. The Kier molecular flexibility index (Phi) is 3.82. The summed E-state index contributed by atoms with van der Waals surface area (Å²) in [4.78, 5) is 13.7. The van der Waals surface area contributed by atoms with E-state index in [0.717, 1.165) is 14.3 Å². The predicted octanol–water partition coefficient (Wildman–Crippen LogP) is 4.20. The number of carbonyl (C=O) groups excluding carboxylic acids is 1. The van der Waals surface area contributed by atoms with Gasteiger partial charge >= 0.3 is 0 Å². The van der Waals surface area contributed by atoms with Crippen LogP contribution in [0.5, 0.6) is 0 Å². The van der Waals surface area contributed by atoms with Crippen LogP contribution in [0.15, 0.2) is 44.6 Å². The third kappa shape index (κ3) is 2.73. The van der Waals surface area contributed by atoms with Gasteiger partial charge in [-0.25, -0.2) is 0 Å². The summed E-state index contributed by atoms with van der Waals surface area (Å²) in [6.07, 6.45) is -1.07. The molecule has 2 aromatic rings. The zero-order chi connectivity index (χ0) is 15.1. The molecule has 3 rings (SSSR count). The van der Waals surface area contributed by atoms with Gasteiger partial charge in [-0.1, -0.05) is 17.8 Å². The molecule has 2 aromatic carbocycles. The van der Waals surface area contributed by atoms with E-state index in [4.69, 9.17) is 0 Å². The van der Waals surface area contributed by atoms with Crippen LogP contribution < -0.4 is 5.32 Å². The number of rotatable bonds is 2. The van der Waals surface area contributed by atoms with E-state index in [1.54, 1.807) is 17.8 Å². The number of nitrogens with one attached hydrogen (secondary N) is 1. The standard InChI is InChI=1S/C16H14BrNO2S/c1-8-3-4-10(5-9(8)2)21-14-7-13-11(6-12(14)17)15(19)16(20)18-13/h3-7,15,19H,1-2H3,(H,18,20). The van der Waals surface area contributed by atoms with Gasteiger partial charge in [0.25, 0.3) is 5.91 Å². The van der Waals surface area contributed by atoms with Gasteiger partial charge in [0.15, 0.2) is 6.10 Å². The maximum Gasteiger partial charge on any atom is 0.257 e. The lowest BCUT2D eigenvalue weighted by Crippen LogP contribution is -2.10. The molecule has 0 aliphatic carbocycles. The number of amides is 1. The van der Waals surface area contributed by atoms with Crippen molar-refractivity contribution in [1.82, 2.24) is 0 Å². The number of fused-ring (bicyclic) bond motifs is 1. The summed E-state index contributed by atoms with van der Waals surface area (Å²) < 4.78 is 0.875. The second kappa shape index (κ2) is 5.48. The first kappa shape index (κ1) is 14.6. The third-order valence-electron chi connectivity index (χ3n) is 3.61. The fourth-order valence-corrected chi connectivity index (χ4v) is 3.79. The Bertz CT molecular complexity index is 745. The molecule has 21 heavy (non-hydrogen) atoms. The second-order valence-electron chi connectivity index (χ2n) is 5.11. The van der Waals surface area contributed by atoms with Gasteiger partial charge in [-0.15, -0.1) is 0 Å². The third-order valence-corrected chi connectivity index (χ3v) is 5.58. The summed E-state index contributed by atoms with van der Waals surface area (Å²) in [6, 6.07) is 10.0. The molecular weight excluding hydrogens is 350 g/mol. The Morgan fingerprint density at radius 3 is 2.67 bits per heavy atom. The largest absolute Gasteiger partial charge is 0.378 e. The second-order valence-corrected chi connectivity index (χ2v) is 7.08. The summed E-state index contributed by atoms with van der Waals surface area (Å²) in [7, 11) is 0. The molecule has 0 saturated heterocycles. The monoisotopic (exact) mass is 363 g/mol. The normalized spacial score (nSPS) is 16.8. The van der Waals surface area contributed by atoms with Gasteiger partial charge in [0.2, 0.25) is 0 Å². The van der Waals surface area contributed by atoms with E-state index >= 15 is 0 Å². The van der Waals surface area contributed by atoms with Crippen molar-refractivity contribution in [3.05, 3.63) is 51.5 Å². The van der Waals surface area contributed by atoms with Crippen molar-refractivity contribution in [3.8, 4) is 0 Å². The van der Waals surface area contributed by atoms with Crippen LogP contribution in [-0.4, -0.2) is 11.0 Å². The molecule has 0 fully saturated rings. The molecule has 1 heterocycles. The molecule has 108 valence electrons. The van der Waals surface area contributed by atoms with E-state index < -0.39 is 6.10 Å². The van der Waals surface area contributed by atoms with Crippen molar-refractivity contribution < 1.29 is 9.90 Å². The number of hydrogen-bond donors (Lipinski definition) is 2. The van der Waals surface area contributed by atoms with Crippen molar-refractivity contribution in [2.45, 2.75) is 29.7 Å². The highest BCUT2D eigenvalue weighted by Gasteiger charge is 2.29. The van der Waals surface area contributed by atoms with Crippen molar-refractivity contribution in [3.63, 3.8) is 0 Å². The Labute approximate surface area is 135 Å². The highest BCUT2D eigenvalue weighted by molar-refractivity contribution is 9.10. The minimum absolute atomic E-state index is 0.370. The summed E-state index contributed by atoms with van der Waals surface area (Å²) in [5.41, 5.74) is 3.82. The van der Waals surface area contributed by atoms with Crippen LogP contribution in [0.25, 0.3) is 0 Å². The smallest absolute Gasteiger partial charge is 0.257 e. The first-order valence-electron chi connectivity index (χ1n) is 6.53. The molecule has 5 heteroatoms. The van der Waals surface area contributed by atoms with Crippen molar-refractivity contribution in [1.29, 1.82) is 0 Å². The van der Waals surface area contributed by atoms with E-state index in [-0.39, 0.29) is 5.91 Å². The fraction of sp³-hybridized carbons (Fsp3) is 0.188. The van der Waals surface area contributed by atoms with Gasteiger partial charge < -0.3 is 10.4 Å². The molecule has 0 saturated carbocycles. The lowest BCUT2D eigenvalue weighted by atomic mass is 10.1. The molecular formula is C16H14BrNO2S. The van der Waals surface area contributed by atoms with Crippen LogP contribution in [0.1, 0.15) is 22.8 Å². The number of benzene rings is 2. The molecule has 0 radical (unpaired) electrons. The summed E-state index contributed by atoms with van der Waals surface area (Å²) in [6.45, 7) is 4.18. The SMILES string of the molecule is Cc1ccc(Sc2cc3c(cc2Br)C(O)C(=O)N3)cc1C. The molecule has 2 N–H and O–H groups in total. The van der Waals surface area contributed by atoms with Gasteiger partial charge in [0, 0.05) is 25.5 Å². The highest BCUT2D eigenvalue weighted by Crippen LogP contribution is 2.41. The molecule has 1 atom stereocenters. The molecule has 1 amide bonds. The van der Waals surface area contributed by atoms with E-state index in [1.165, 1.54) is 11.1 Å². The molecule has 0 bridgehead atoms. The fourth-order valence-electron chi connectivity index (χ4n) is 2.23. The average molecular weight is 364 g/mol. The highest BCUT2D eigenvalue weighted by atomic mass is 79.9. The minimum atomic E-state index is -1.07. The Hall–Kier alpha value is -1.30. The zero-order valence-electron chi connectivity index (χ0n) is 11.6. The van der Waals surface area contributed by atoms with Gasteiger partial charge in [0.05, 0.1) is 0 Å². The van der Waals surface area contributed by atoms with Crippen LogP contribution in [0.2, 0.25) is 0 Å². The van der Waals surface area contributed by atoms with Crippen LogP contribution in [0.4, 0.5) is 5.69 Å². The number of carbonyl (C=O) groups is 1. The maximum absolute atomic E-state index is 11.5. The van der Waals surface area contributed by atoms with Crippen LogP contribution in [0, 0.1) is 13.8 Å². The zero-order valence-corrected chi connectivity index (χ0v) is 14.0. The lowest BCUT2D eigenvalue weighted by molar-refractivity contribution is -0.123. The molecule has 0 spiro atoms. The van der Waals surface area contributed by atoms with Gasteiger partial charge in [-0.2, -0.15) is 0 Å². The van der Waals surface area contributed by atoms with E-state index in [0.29, 0.717) is 11.3 Å². The molecule has 1 aliphatic heterocycles. The molecule has 3 nitrogen and oxygen atoms in total. The minimum Gasteiger partial charge on any atom is -0.378 e. The summed E-state index contributed by atoms with van der Waals surface area (Å²) >= 11 is 5.14. The lowest BCUT2D eigenvalue weighted by Gasteiger charge is -2.09. The van der Waals surface area contributed by atoms with Crippen molar-refractivity contribution in [2.75, 3.05) is 5.32 Å². The molecule has 1 unspecified atom stereocenters. The van der Waals surface area contributed by atoms with E-state index in [2.05, 4.69) is 53.3 Å². The van der Waals surface area contributed by atoms with Crippen LogP contribution in [0.3, 0.4) is 0 Å². The quantitative estimate of drug-likeness (QED) is 0.840.